The molecule has 1 saturated carbocycles. The summed E-state index contributed by atoms with van der Waals surface area (Å²) in [6.07, 6.45) is 2.84. The van der Waals surface area contributed by atoms with Gasteiger partial charge in [0.2, 0.25) is 5.91 Å². The third-order valence-corrected chi connectivity index (χ3v) is 3.08. The molecular weight excluding hydrogens is 208 g/mol. The summed E-state index contributed by atoms with van der Waals surface area (Å²) in [5, 5.41) is 17.8. The number of nitriles is 1. The van der Waals surface area contributed by atoms with E-state index < -0.39 is 11.4 Å². The number of amides is 1. The van der Waals surface area contributed by atoms with E-state index in [2.05, 4.69) is 6.07 Å². The highest BCUT2D eigenvalue weighted by atomic mass is 16.4. The van der Waals surface area contributed by atoms with Crippen LogP contribution in [0.25, 0.3) is 0 Å². The lowest BCUT2D eigenvalue weighted by molar-refractivity contribution is -0.147. The van der Waals surface area contributed by atoms with E-state index in [-0.39, 0.29) is 12.5 Å². The molecule has 88 valence electrons. The van der Waals surface area contributed by atoms with Gasteiger partial charge in [-0.1, -0.05) is 12.8 Å². The van der Waals surface area contributed by atoms with Gasteiger partial charge in [0.1, 0.15) is 12.0 Å². The van der Waals surface area contributed by atoms with Crippen molar-refractivity contribution < 1.29 is 14.7 Å². The number of hydrogen-bond acceptors (Lipinski definition) is 3. The van der Waals surface area contributed by atoms with Crippen molar-refractivity contribution >= 4 is 11.9 Å². The third-order valence-electron chi connectivity index (χ3n) is 3.08. The highest BCUT2D eigenvalue weighted by Crippen LogP contribution is 2.39. The Hall–Kier alpha value is -1.57. The summed E-state index contributed by atoms with van der Waals surface area (Å²) in [7, 11) is 0. The molecule has 0 saturated heterocycles. The molecule has 0 heterocycles. The van der Waals surface area contributed by atoms with Gasteiger partial charge < -0.3 is 10.0 Å². The molecule has 1 fully saturated rings. The molecule has 0 bridgehead atoms. The minimum Gasteiger partial charge on any atom is -0.480 e. The van der Waals surface area contributed by atoms with Crippen molar-refractivity contribution in [1.29, 1.82) is 5.26 Å². The molecule has 1 amide bonds. The van der Waals surface area contributed by atoms with E-state index in [1.807, 2.05) is 0 Å². The normalized spacial score (nSPS) is 17.8. The van der Waals surface area contributed by atoms with Crippen LogP contribution in [0.4, 0.5) is 0 Å². The molecule has 5 heteroatoms. The van der Waals surface area contributed by atoms with Crippen LogP contribution >= 0.6 is 0 Å². The van der Waals surface area contributed by atoms with Crippen LogP contribution in [0.1, 0.15) is 32.6 Å². The molecule has 16 heavy (non-hydrogen) atoms. The van der Waals surface area contributed by atoms with Crippen LogP contribution in [-0.4, -0.2) is 35.0 Å². The summed E-state index contributed by atoms with van der Waals surface area (Å²) in [6, 6.07) is 2.08. The minimum absolute atomic E-state index is 0.321. The summed E-state index contributed by atoms with van der Waals surface area (Å²) in [4.78, 5) is 24.0. The van der Waals surface area contributed by atoms with E-state index in [9.17, 15) is 9.59 Å². The van der Waals surface area contributed by atoms with Crippen LogP contribution < -0.4 is 0 Å². The first-order chi connectivity index (χ1) is 7.55. The number of carbonyl (C=O) groups is 2. The fourth-order valence-electron chi connectivity index (χ4n) is 2.15. The molecule has 0 radical (unpaired) electrons. The first-order valence-corrected chi connectivity index (χ1v) is 5.48. The smallest absolute Gasteiger partial charge is 0.323 e. The first-order valence-electron chi connectivity index (χ1n) is 5.48. The highest BCUT2D eigenvalue weighted by molar-refractivity contribution is 5.88. The molecule has 0 unspecified atom stereocenters. The highest BCUT2D eigenvalue weighted by Gasteiger charge is 2.43. The second-order valence-electron chi connectivity index (χ2n) is 4.11. The van der Waals surface area contributed by atoms with Gasteiger partial charge in [0.15, 0.2) is 0 Å². The molecule has 0 aromatic rings. The molecule has 1 rings (SSSR count). The third kappa shape index (κ3) is 2.32. The topological polar surface area (TPSA) is 81.4 Å². The molecule has 5 nitrogen and oxygen atoms in total. The molecule has 0 atom stereocenters. The van der Waals surface area contributed by atoms with E-state index in [1.54, 1.807) is 6.92 Å². The minimum atomic E-state index is -1.04. The van der Waals surface area contributed by atoms with Gasteiger partial charge in [-0.05, 0) is 19.8 Å². The Morgan fingerprint density at radius 1 is 1.44 bits per heavy atom. The lowest BCUT2D eigenvalue weighted by Crippen LogP contribution is -2.44. The van der Waals surface area contributed by atoms with Gasteiger partial charge in [0.05, 0.1) is 6.07 Å². The zero-order chi connectivity index (χ0) is 12.2. The first kappa shape index (κ1) is 12.5. The van der Waals surface area contributed by atoms with Crippen LogP contribution in [0, 0.1) is 16.7 Å². The van der Waals surface area contributed by atoms with Gasteiger partial charge >= 0.3 is 5.97 Å². The Kier molecular flexibility index (Phi) is 3.88. The summed E-state index contributed by atoms with van der Waals surface area (Å²) in [5.74, 6) is -1.36. The quantitative estimate of drug-likeness (QED) is 0.772. The van der Waals surface area contributed by atoms with Crippen LogP contribution in [0.2, 0.25) is 0 Å². The fraction of sp³-hybridized carbons (Fsp3) is 0.727. The van der Waals surface area contributed by atoms with E-state index >= 15 is 0 Å². The molecule has 0 aromatic carbocycles. The number of hydrogen-bond donors (Lipinski definition) is 1. The Balaban J connectivity index is 2.81. The summed E-state index contributed by atoms with van der Waals surface area (Å²) < 4.78 is 0. The lowest BCUT2D eigenvalue weighted by atomic mass is 9.86. The van der Waals surface area contributed by atoms with Crippen molar-refractivity contribution in [3.63, 3.8) is 0 Å². The second kappa shape index (κ2) is 4.97. The Bertz CT molecular complexity index is 327. The molecule has 1 aliphatic carbocycles. The van der Waals surface area contributed by atoms with E-state index in [4.69, 9.17) is 10.4 Å². The predicted octanol–water partition coefficient (Wildman–Crippen LogP) is 1.00. The zero-order valence-corrected chi connectivity index (χ0v) is 9.40. The maximum atomic E-state index is 12.1. The molecular formula is C11H16N2O3. The SMILES string of the molecule is CCN(CC(=O)O)C(=O)C1(C#N)CCCC1. The number of carbonyl (C=O) groups excluding carboxylic acids is 1. The Labute approximate surface area is 94.7 Å². The van der Waals surface area contributed by atoms with Crippen LogP contribution in [0.5, 0.6) is 0 Å². The number of nitrogens with zero attached hydrogens (tertiary/aromatic N) is 2. The van der Waals surface area contributed by atoms with Gasteiger partial charge in [-0.3, -0.25) is 9.59 Å². The van der Waals surface area contributed by atoms with Gasteiger partial charge in [0.25, 0.3) is 0 Å². The number of carboxylic acid groups (broad SMARTS) is 1. The molecule has 0 aliphatic heterocycles. The molecule has 1 N–H and O–H groups in total. The van der Waals surface area contributed by atoms with E-state index in [0.717, 1.165) is 12.8 Å². The van der Waals surface area contributed by atoms with E-state index in [0.29, 0.717) is 19.4 Å². The largest absolute Gasteiger partial charge is 0.480 e. The maximum Gasteiger partial charge on any atom is 0.323 e. The number of rotatable bonds is 4. The van der Waals surface area contributed by atoms with Crippen molar-refractivity contribution in [1.82, 2.24) is 4.90 Å². The maximum absolute atomic E-state index is 12.1. The molecule has 0 spiro atoms. The second-order valence-corrected chi connectivity index (χ2v) is 4.11. The van der Waals surface area contributed by atoms with Crippen molar-refractivity contribution in [2.75, 3.05) is 13.1 Å². The lowest BCUT2D eigenvalue weighted by Gasteiger charge is -2.27. The summed E-state index contributed by atoms with van der Waals surface area (Å²) in [5.41, 5.74) is -0.967. The van der Waals surface area contributed by atoms with E-state index in [1.165, 1.54) is 4.90 Å². The van der Waals surface area contributed by atoms with Gasteiger partial charge in [-0.2, -0.15) is 5.26 Å². The Morgan fingerprint density at radius 3 is 2.38 bits per heavy atom. The summed E-state index contributed by atoms with van der Waals surface area (Å²) in [6.45, 7) is 1.73. The molecule has 0 aromatic heterocycles. The number of carboxylic acids is 1. The fourth-order valence-corrected chi connectivity index (χ4v) is 2.15. The standard InChI is InChI=1S/C11H16N2O3/c1-2-13(7-9(14)15)10(16)11(8-12)5-3-4-6-11/h2-7H2,1H3,(H,14,15). The van der Waals surface area contributed by atoms with Gasteiger partial charge in [0, 0.05) is 6.54 Å². The van der Waals surface area contributed by atoms with Crippen LogP contribution in [-0.2, 0) is 9.59 Å². The monoisotopic (exact) mass is 224 g/mol. The van der Waals surface area contributed by atoms with Crippen molar-refractivity contribution in [2.45, 2.75) is 32.6 Å². The van der Waals surface area contributed by atoms with Gasteiger partial charge in [-0.15, -0.1) is 0 Å². The average molecular weight is 224 g/mol. The van der Waals surface area contributed by atoms with Crippen LogP contribution in [0.15, 0.2) is 0 Å². The Morgan fingerprint density at radius 2 is 2.00 bits per heavy atom. The van der Waals surface area contributed by atoms with Crippen molar-refractivity contribution in [3.8, 4) is 6.07 Å². The van der Waals surface area contributed by atoms with Crippen molar-refractivity contribution in [3.05, 3.63) is 0 Å². The summed E-state index contributed by atoms with van der Waals surface area (Å²) >= 11 is 0. The number of likely N-dealkylation sites (N-methyl/N-ethyl adjacent to an activating group) is 1. The van der Waals surface area contributed by atoms with Crippen LogP contribution in [0.3, 0.4) is 0 Å². The van der Waals surface area contributed by atoms with Gasteiger partial charge in [-0.25, -0.2) is 0 Å². The average Bonchev–Trinajstić information content (AvgIpc) is 2.74. The predicted molar refractivity (Wildman–Crippen MR) is 56.4 cm³/mol. The zero-order valence-electron chi connectivity index (χ0n) is 9.40. The number of aliphatic carboxylic acids is 1. The van der Waals surface area contributed by atoms with Crippen molar-refractivity contribution in [2.24, 2.45) is 5.41 Å². The molecule has 1 aliphatic rings.